The number of ether oxygens (including phenoxy) is 1. The van der Waals surface area contributed by atoms with E-state index >= 15 is 0 Å². The second-order valence-corrected chi connectivity index (χ2v) is 4.97. The van der Waals surface area contributed by atoms with Crippen LogP contribution < -0.4 is 4.74 Å². The lowest BCUT2D eigenvalue weighted by atomic mass is 10.0. The van der Waals surface area contributed by atoms with E-state index in [2.05, 4.69) is 32.0 Å². The van der Waals surface area contributed by atoms with Gasteiger partial charge in [0.1, 0.15) is 5.75 Å². The van der Waals surface area contributed by atoms with Gasteiger partial charge in [-0.25, -0.2) is 0 Å². The first-order valence-corrected chi connectivity index (χ1v) is 5.85. The van der Waals surface area contributed by atoms with E-state index in [4.69, 9.17) is 4.74 Å². The highest BCUT2D eigenvalue weighted by Crippen LogP contribution is 2.53. The summed E-state index contributed by atoms with van der Waals surface area (Å²) in [5.74, 6) is 3.52. The third kappa shape index (κ3) is 2.34. The molecule has 1 heteroatoms. The molecule has 0 saturated heterocycles. The molecule has 0 N–H and O–H groups in total. The smallest absolute Gasteiger partial charge is 0.122 e. The zero-order chi connectivity index (χ0) is 10.8. The second-order valence-electron chi connectivity index (χ2n) is 4.97. The summed E-state index contributed by atoms with van der Waals surface area (Å²) in [6, 6.07) is 8.44. The molecule has 0 radical (unpaired) electrons. The second kappa shape index (κ2) is 4.26. The van der Waals surface area contributed by atoms with Crippen LogP contribution in [0, 0.1) is 11.8 Å². The minimum atomic E-state index is 0.753. The fraction of sp³-hybridized carbons (Fsp3) is 0.571. The maximum Gasteiger partial charge on any atom is 0.122 e. The lowest BCUT2D eigenvalue weighted by molar-refractivity contribution is 0.408. The van der Waals surface area contributed by atoms with Gasteiger partial charge in [-0.1, -0.05) is 32.0 Å². The van der Waals surface area contributed by atoms with Crippen molar-refractivity contribution in [2.24, 2.45) is 11.8 Å². The van der Waals surface area contributed by atoms with Crippen molar-refractivity contribution in [3.05, 3.63) is 29.8 Å². The highest BCUT2D eigenvalue weighted by atomic mass is 16.5. The maximum absolute atomic E-state index is 5.40. The number of methoxy groups -OCH3 is 1. The molecule has 0 heterocycles. The number of hydrogen-bond acceptors (Lipinski definition) is 1. The molecule has 0 bridgehead atoms. The summed E-state index contributed by atoms with van der Waals surface area (Å²) in [6.07, 6.45) is 2.70. The normalized spacial score (nSPS) is 24.3. The fourth-order valence-corrected chi connectivity index (χ4v) is 2.47. The predicted molar refractivity (Wildman–Crippen MR) is 63.3 cm³/mol. The molecule has 1 saturated carbocycles. The van der Waals surface area contributed by atoms with Crippen LogP contribution in [0.25, 0.3) is 0 Å². The van der Waals surface area contributed by atoms with Crippen LogP contribution in [0.1, 0.15) is 38.2 Å². The number of para-hydroxylation sites is 1. The molecule has 82 valence electrons. The van der Waals surface area contributed by atoms with Gasteiger partial charge in [-0.15, -0.1) is 0 Å². The van der Waals surface area contributed by atoms with Gasteiger partial charge in [0.05, 0.1) is 7.11 Å². The molecule has 1 nitrogen and oxygen atoms in total. The zero-order valence-electron chi connectivity index (χ0n) is 9.86. The first kappa shape index (κ1) is 10.5. The van der Waals surface area contributed by atoms with Crippen molar-refractivity contribution in [3.8, 4) is 5.75 Å². The average Bonchev–Trinajstić information content (AvgIpc) is 2.96. The zero-order valence-corrected chi connectivity index (χ0v) is 9.86. The minimum absolute atomic E-state index is 0.753. The van der Waals surface area contributed by atoms with E-state index in [1.165, 1.54) is 18.4 Å². The monoisotopic (exact) mass is 204 g/mol. The van der Waals surface area contributed by atoms with Gasteiger partial charge in [0.25, 0.3) is 0 Å². The topological polar surface area (TPSA) is 9.23 Å². The van der Waals surface area contributed by atoms with Crippen LogP contribution in [0.2, 0.25) is 0 Å². The first-order chi connectivity index (χ1) is 7.22. The number of hydrogen-bond donors (Lipinski definition) is 0. The van der Waals surface area contributed by atoms with Gasteiger partial charge in [0, 0.05) is 0 Å². The molecule has 1 aromatic rings. The Balaban J connectivity index is 2.06. The Kier molecular flexibility index (Phi) is 2.99. The van der Waals surface area contributed by atoms with E-state index in [0.717, 1.165) is 23.5 Å². The summed E-state index contributed by atoms with van der Waals surface area (Å²) in [7, 11) is 1.76. The summed E-state index contributed by atoms with van der Waals surface area (Å²) in [5, 5.41) is 0. The van der Waals surface area contributed by atoms with Crippen molar-refractivity contribution in [3.63, 3.8) is 0 Å². The summed E-state index contributed by atoms with van der Waals surface area (Å²) in [4.78, 5) is 0. The molecule has 1 aliphatic carbocycles. The molecular formula is C14H20O. The van der Waals surface area contributed by atoms with Gasteiger partial charge >= 0.3 is 0 Å². The van der Waals surface area contributed by atoms with Crippen molar-refractivity contribution >= 4 is 0 Å². The van der Waals surface area contributed by atoms with Gasteiger partial charge in [-0.05, 0) is 42.2 Å². The van der Waals surface area contributed by atoms with Gasteiger partial charge < -0.3 is 4.74 Å². The Morgan fingerprint density at radius 2 is 2.07 bits per heavy atom. The molecule has 0 aliphatic heterocycles. The summed E-state index contributed by atoms with van der Waals surface area (Å²) >= 11 is 0. The lowest BCUT2D eigenvalue weighted by Crippen LogP contribution is -1.93. The molecule has 15 heavy (non-hydrogen) atoms. The molecule has 0 aromatic heterocycles. The fourth-order valence-electron chi connectivity index (χ4n) is 2.47. The van der Waals surface area contributed by atoms with Crippen molar-refractivity contribution in [1.29, 1.82) is 0 Å². The first-order valence-electron chi connectivity index (χ1n) is 5.85. The van der Waals surface area contributed by atoms with E-state index in [-0.39, 0.29) is 0 Å². The molecule has 1 aliphatic rings. The highest BCUT2D eigenvalue weighted by molar-refractivity contribution is 5.39. The SMILES string of the molecule is COc1ccccc1C1CC1CC(C)C. The summed E-state index contributed by atoms with van der Waals surface area (Å²) in [5.41, 5.74) is 1.41. The van der Waals surface area contributed by atoms with Crippen LogP contribution in [-0.2, 0) is 0 Å². The number of benzene rings is 1. The standard InChI is InChI=1S/C14H20O/c1-10(2)8-11-9-13(11)12-6-4-5-7-14(12)15-3/h4-7,10-11,13H,8-9H2,1-3H3. The van der Waals surface area contributed by atoms with Gasteiger partial charge in [0.15, 0.2) is 0 Å². The summed E-state index contributed by atoms with van der Waals surface area (Å²) in [6.45, 7) is 4.61. The molecule has 2 rings (SSSR count). The van der Waals surface area contributed by atoms with Crippen molar-refractivity contribution in [2.75, 3.05) is 7.11 Å². The summed E-state index contributed by atoms with van der Waals surface area (Å²) < 4.78 is 5.40. The third-order valence-electron chi connectivity index (χ3n) is 3.24. The molecule has 0 amide bonds. The molecule has 1 fully saturated rings. The molecule has 2 atom stereocenters. The number of rotatable bonds is 4. The molecule has 0 spiro atoms. The highest BCUT2D eigenvalue weighted by Gasteiger charge is 2.39. The lowest BCUT2D eigenvalue weighted by Gasteiger charge is -2.08. The third-order valence-corrected chi connectivity index (χ3v) is 3.24. The van der Waals surface area contributed by atoms with Crippen molar-refractivity contribution < 1.29 is 4.74 Å². The van der Waals surface area contributed by atoms with Crippen LogP contribution in [0.15, 0.2) is 24.3 Å². The van der Waals surface area contributed by atoms with Crippen LogP contribution in [0.3, 0.4) is 0 Å². The Morgan fingerprint density at radius 1 is 1.33 bits per heavy atom. The quantitative estimate of drug-likeness (QED) is 0.724. The van der Waals surface area contributed by atoms with Crippen LogP contribution >= 0.6 is 0 Å². The van der Waals surface area contributed by atoms with Gasteiger partial charge in [-0.2, -0.15) is 0 Å². The van der Waals surface area contributed by atoms with E-state index < -0.39 is 0 Å². The van der Waals surface area contributed by atoms with Crippen LogP contribution in [0.5, 0.6) is 5.75 Å². The van der Waals surface area contributed by atoms with E-state index in [9.17, 15) is 0 Å². The van der Waals surface area contributed by atoms with E-state index in [1.807, 2.05) is 6.07 Å². The van der Waals surface area contributed by atoms with Crippen LogP contribution in [-0.4, -0.2) is 7.11 Å². The molecule has 1 aromatic carbocycles. The van der Waals surface area contributed by atoms with Gasteiger partial charge in [0.2, 0.25) is 0 Å². The Labute approximate surface area is 92.5 Å². The average molecular weight is 204 g/mol. The Morgan fingerprint density at radius 3 is 2.73 bits per heavy atom. The van der Waals surface area contributed by atoms with Crippen molar-refractivity contribution in [2.45, 2.75) is 32.6 Å². The Bertz CT molecular complexity index is 330. The van der Waals surface area contributed by atoms with E-state index in [0.29, 0.717) is 0 Å². The molecular weight excluding hydrogens is 184 g/mol. The molecule has 2 unspecified atom stereocenters. The van der Waals surface area contributed by atoms with Crippen LogP contribution in [0.4, 0.5) is 0 Å². The Hall–Kier alpha value is -0.980. The maximum atomic E-state index is 5.40. The minimum Gasteiger partial charge on any atom is -0.496 e. The van der Waals surface area contributed by atoms with Gasteiger partial charge in [-0.3, -0.25) is 0 Å². The van der Waals surface area contributed by atoms with E-state index in [1.54, 1.807) is 7.11 Å². The van der Waals surface area contributed by atoms with Crippen molar-refractivity contribution in [1.82, 2.24) is 0 Å². The largest absolute Gasteiger partial charge is 0.496 e. The predicted octanol–water partition coefficient (Wildman–Crippen LogP) is 3.84.